The Morgan fingerprint density at radius 3 is 2.70 bits per heavy atom. The fourth-order valence-corrected chi connectivity index (χ4v) is 3.75. The van der Waals surface area contributed by atoms with Crippen LogP contribution in [0.5, 0.6) is 5.88 Å². The second-order valence-corrected chi connectivity index (χ2v) is 7.51. The average Bonchev–Trinajstić information content (AvgIpc) is 3.23. The lowest BCUT2D eigenvalue weighted by Gasteiger charge is -2.22. The fraction of sp³-hybridized carbons (Fsp3) is 0.217. The van der Waals surface area contributed by atoms with Crippen LogP contribution < -0.4 is 9.64 Å². The number of halogens is 2. The number of aliphatic hydroxyl groups excluding tert-OH is 1. The zero-order chi connectivity index (χ0) is 21.1. The molecule has 0 aliphatic carbocycles. The van der Waals surface area contributed by atoms with Crippen LogP contribution in [0.25, 0.3) is 0 Å². The number of hydrogen-bond donors (Lipinski definition) is 1. The maximum absolute atomic E-state index is 13.1. The number of anilines is 1. The molecule has 1 aliphatic heterocycles. The molecule has 1 aromatic heterocycles. The molecule has 1 fully saturated rings. The summed E-state index contributed by atoms with van der Waals surface area (Å²) in [6.07, 6.45) is 2.34. The highest BCUT2D eigenvalue weighted by Crippen LogP contribution is 2.29. The summed E-state index contributed by atoms with van der Waals surface area (Å²) in [5.41, 5.74) is 2.35. The van der Waals surface area contributed by atoms with E-state index in [1.54, 1.807) is 30.5 Å². The number of ketones is 1. The maximum atomic E-state index is 13.1. The first kappa shape index (κ1) is 20.3. The summed E-state index contributed by atoms with van der Waals surface area (Å²) in [6, 6.07) is 14.1. The minimum atomic E-state index is -0.393. The molecule has 1 aliphatic rings. The molecule has 0 unspecified atom stereocenters. The summed E-state index contributed by atoms with van der Waals surface area (Å²) in [4.78, 5) is 19.0. The number of nitrogens with zero attached hydrogens (tertiary/aromatic N) is 2. The number of pyridine rings is 1. The molecule has 5 nitrogen and oxygen atoms in total. The lowest BCUT2D eigenvalue weighted by Crippen LogP contribution is -2.25. The van der Waals surface area contributed by atoms with Gasteiger partial charge in [0, 0.05) is 41.5 Å². The zero-order valence-corrected chi connectivity index (χ0v) is 16.8. The first-order valence-corrected chi connectivity index (χ1v) is 9.99. The Balaban J connectivity index is 1.50. The first-order chi connectivity index (χ1) is 14.5. The third-order valence-electron chi connectivity index (χ3n) is 5.11. The van der Waals surface area contributed by atoms with Crippen molar-refractivity contribution in [2.75, 3.05) is 18.0 Å². The molecule has 154 valence electrons. The molecule has 1 N–H and O–H groups in total. The Hall–Kier alpha value is -2.96. The van der Waals surface area contributed by atoms with Crippen molar-refractivity contribution in [1.29, 1.82) is 0 Å². The highest BCUT2D eigenvalue weighted by molar-refractivity contribution is 6.31. The minimum absolute atomic E-state index is 0.0792. The second kappa shape index (κ2) is 8.81. The summed E-state index contributed by atoms with van der Waals surface area (Å²) < 4.78 is 19.0. The third kappa shape index (κ3) is 4.30. The molecule has 7 heteroatoms. The Kier molecular flexibility index (Phi) is 5.97. The first-order valence-electron chi connectivity index (χ1n) is 9.61. The van der Waals surface area contributed by atoms with Crippen LogP contribution in [0.15, 0.2) is 60.8 Å². The number of hydrogen-bond acceptors (Lipinski definition) is 5. The van der Waals surface area contributed by atoms with Crippen molar-refractivity contribution in [3.63, 3.8) is 0 Å². The van der Waals surface area contributed by atoms with Gasteiger partial charge in [-0.3, -0.25) is 4.79 Å². The summed E-state index contributed by atoms with van der Waals surface area (Å²) in [6.45, 7) is 1.16. The molecular weight excluding hydrogens is 407 g/mol. The van der Waals surface area contributed by atoms with Gasteiger partial charge in [0.2, 0.25) is 5.88 Å². The average molecular weight is 427 g/mol. The van der Waals surface area contributed by atoms with Crippen LogP contribution in [0.2, 0.25) is 5.02 Å². The lowest BCUT2D eigenvalue weighted by molar-refractivity contribution is 0.103. The quantitative estimate of drug-likeness (QED) is 0.597. The molecule has 2 heterocycles. The van der Waals surface area contributed by atoms with Crippen molar-refractivity contribution in [2.24, 2.45) is 0 Å². The summed E-state index contributed by atoms with van der Waals surface area (Å²) in [7, 11) is 0. The smallest absolute Gasteiger partial charge is 0.232 e. The molecule has 4 rings (SSSR count). The van der Waals surface area contributed by atoms with E-state index in [9.17, 15) is 14.3 Å². The predicted molar refractivity (Wildman–Crippen MR) is 113 cm³/mol. The number of carbonyl (C=O) groups is 1. The molecule has 0 saturated carbocycles. The SMILES string of the molecule is O=C(c1ccc(F)cc1)c1ccc(N2CC[C@H](Oc3ncccc3Cl)C2)c(CO)c1. The van der Waals surface area contributed by atoms with Crippen LogP contribution in [-0.4, -0.2) is 35.1 Å². The van der Waals surface area contributed by atoms with Gasteiger partial charge in [-0.05, 0) is 54.6 Å². The number of aliphatic hydroxyl groups is 1. The highest BCUT2D eigenvalue weighted by Gasteiger charge is 2.27. The largest absolute Gasteiger partial charge is 0.471 e. The normalized spacial score (nSPS) is 16.0. The standard InChI is InChI=1S/C23H20ClFN2O3/c24-20-2-1-10-26-23(20)30-19-9-11-27(13-19)21-8-5-16(12-17(21)14-28)22(29)15-3-6-18(25)7-4-15/h1-8,10,12,19,28H,9,11,13-14H2/t19-/m0/s1. The Morgan fingerprint density at radius 1 is 1.20 bits per heavy atom. The van der Waals surface area contributed by atoms with E-state index in [1.807, 2.05) is 6.07 Å². The van der Waals surface area contributed by atoms with Gasteiger partial charge in [-0.2, -0.15) is 0 Å². The van der Waals surface area contributed by atoms with Crippen LogP contribution in [0.3, 0.4) is 0 Å². The van der Waals surface area contributed by atoms with Gasteiger partial charge >= 0.3 is 0 Å². The molecule has 0 spiro atoms. The third-order valence-corrected chi connectivity index (χ3v) is 5.39. The van der Waals surface area contributed by atoms with Gasteiger partial charge in [0.15, 0.2) is 5.78 Å². The van der Waals surface area contributed by atoms with Gasteiger partial charge in [0.1, 0.15) is 16.9 Å². The van der Waals surface area contributed by atoms with E-state index < -0.39 is 5.82 Å². The van der Waals surface area contributed by atoms with Gasteiger partial charge in [0.05, 0.1) is 13.2 Å². The summed E-state index contributed by atoms with van der Waals surface area (Å²) >= 11 is 6.12. The van der Waals surface area contributed by atoms with Crippen molar-refractivity contribution in [3.8, 4) is 5.88 Å². The van der Waals surface area contributed by atoms with Gasteiger partial charge in [-0.1, -0.05) is 11.6 Å². The summed E-state index contributed by atoms with van der Waals surface area (Å²) in [5.74, 6) is -0.201. The molecule has 3 aromatic rings. The number of ether oxygens (including phenoxy) is 1. The number of aromatic nitrogens is 1. The van der Waals surface area contributed by atoms with Crippen LogP contribution in [0.4, 0.5) is 10.1 Å². The second-order valence-electron chi connectivity index (χ2n) is 7.10. The van der Waals surface area contributed by atoms with E-state index in [2.05, 4.69) is 9.88 Å². The van der Waals surface area contributed by atoms with Crippen molar-refractivity contribution >= 4 is 23.1 Å². The van der Waals surface area contributed by atoms with Crippen molar-refractivity contribution in [2.45, 2.75) is 19.1 Å². The van der Waals surface area contributed by atoms with Gasteiger partial charge in [-0.25, -0.2) is 9.37 Å². The number of carbonyl (C=O) groups excluding carboxylic acids is 1. The van der Waals surface area contributed by atoms with Crippen molar-refractivity contribution in [3.05, 3.63) is 88.3 Å². The molecule has 2 aromatic carbocycles. The molecule has 1 atom stereocenters. The van der Waals surface area contributed by atoms with Gasteiger partial charge < -0.3 is 14.7 Å². The molecular formula is C23H20ClFN2O3. The highest BCUT2D eigenvalue weighted by atomic mass is 35.5. The minimum Gasteiger partial charge on any atom is -0.471 e. The lowest BCUT2D eigenvalue weighted by atomic mass is 10.00. The number of benzene rings is 2. The van der Waals surface area contributed by atoms with E-state index in [0.29, 0.717) is 34.1 Å². The monoisotopic (exact) mass is 426 g/mol. The molecule has 0 amide bonds. The van der Waals surface area contributed by atoms with Gasteiger partial charge in [-0.15, -0.1) is 0 Å². The zero-order valence-electron chi connectivity index (χ0n) is 16.1. The fourth-order valence-electron chi connectivity index (χ4n) is 3.59. The van der Waals surface area contributed by atoms with E-state index in [1.165, 1.54) is 24.3 Å². The molecule has 30 heavy (non-hydrogen) atoms. The maximum Gasteiger partial charge on any atom is 0.232 e. The Labute approximate surface area is 178 Å². The van der Waals surface area contributed by atoms with Crippen LogP contribution in [-0.2, 0) is 6.61 Å². The van der Waals surface area contributed by atoms with E-state index in [4.69, 9.17) is 16.3 Å². The van der Waals surface area contributed by atoms with Crippen LogP contribution >= 0.6 is 11.6 Å². The van der Waals surface area contributed by atoms with E-state index in [-0.39, 0.29) is 18.5 Å². The van der Waals surface area contributed by atoms with E-state index in [0.717, 1.165) is 18.7 Å². The van der Waals surface area contributed by atoms with E-state index >= 15 is 0 Å². The number of rotatable bonds is 6. The van der Waals surface area contributed by atoms with Crippen molar-refractivity contribution < 1.29 is 19.0 Å². The molecule has 1 saturated heterocycles. The Morgan fingerprint density at radius 2 is 1.97 bits per heavy atom. The Bertz CT molecular complexity index is 1060. The van der Waals surface area contributed by atoms with Crippen LogP contribution in [0.1, 0.15) is 27.9 Å². The van der Waals surface area contributed by atoms with Gasteiger partial charge in [0.25, 0.3) is 0 Å². The molecule has 0 bridgehead atoms. The van der Waals surface area contributed by atoms with Crippen LogP contribution in [0, 0.1) is 5.82 Å². The summed E-state index contributed by atoms with van der Waals surface area (Å²) in [5, 5.41) is 10.4. The molecule has 0 radical (unpaired) electrons. The predicted octanol–water partition coefficient (Wildman–Crippen LogP) is 4.26. The van der Waals surface area contributed by atoms with Crippen molar-refractivity contribution in [1.82, 2.24) is 4.98 Å². The topological polar surface area (TPSA) is 62.7 Å².